The molecule has 1 atom stereocenters. The predicted molar refractivity (Wildman–Crippen MR) is 69.5 cm³/mol. The second-order valence-electron chi connectivity index (χ2n) is 3.91. The van der Waals surface area contributed by atoms with E-state index in [9.17, 15) is 9.59 Å². The van der Waals surface area contributed by atoms with Crippen LogP contribution in [0.3, 0.4) is 0 Å². The summed E-state index contributed by atoms with van der Waals surface area (Å²) in [5.41, 5.74) is 0.596. The van der Waals surface area contributed by atoms with Crippen LogP contribution in [-0.2, 0) is 4.79 Å². The standard InChI is InChI=1S/C13H10N2O2S/c16-12-11(10-7-4-8-18-10)14-13(17)15(12)9-5-2-1-3-6-9/h1-8,11H,(H,14,17). The number of rotatable bonds is 2. The molecule has 1 aromatic heterocycles. The van der Waals surface area contributed by atoms with Gasteiger partial charge < -0.3 is 5.32 Å². The second kappa shape index (κ2) is 4.27. The Labute approximate surface area is 108 Å². The van der Waals surface area contributed by atoms with Crippen LogP contribution in [0.25, 0.3) is 0 Å². The molecule has 5 heteroatoms. The molecule has 0 saturated carbocycles. The van der Waals surface area contributed by atoms with E-state index in [0.29, 0.717) is 5.69 Å². The van der Waals surface area contributed by atoms with Gasteiger partial charge in [0.25, 0.3) is 5.91 Å². The van der Waals surface area contributed by atoms with Crippen molar-refractivity contribution in [3.8, 4) is 0 Å². The number of urea groups is 1. The van der Waals surface area contributed by atoms with E-state index in [1.54, 1.807) is 24.3 Å². The molecule has 0 bridgehead atoms. The number of imide groups is 1. The number of nitrogens with zero attached hydrogens (tertiary/aromatic N) is 1. The van der Waals surface area contributed by atoms with Gasteiger partial charge in [-0.1, -0.05) is 24.3 Å². The van der Waals surface area contributed by atoms with E-state index in [1.807, 2.05) is 23.6 Å². The lowest BCUT2D eigenvalue weighted by molar-refractivity contribution is -0.118. The van der Waals surface area contributed by atoms with Crippen LogP contribution < -0.4 is 10.2 Å². The Bertz CT molecular complexity index is 580. The van der Waals surface area contributed by atoms with E-state index in [2.05, 4.69) is 5.32 Å². The number of hydrogen-bond donors (Lipinski definition) is 1. The number of para-hydroxylation sites is 1. The lowest BCUT2D eigenvalue weighted by Gasteiger charge is -2.12. The van der Waals surface area contributed by atoms with Gasteiger partial charge >= 0.3 is 6.03 Å². The first-order valence-electron chi connectivity index (χ1n) is 5.50. The van der Waals surface area contributed by atoms with Crippen molar-refractivity contribution in [2.24, 2.45) is 0 Å². The maximum atomic E-state index is 12.3. The summed E-state index contributed by atoms with van der Waals surface area (Å²) in [4.78, 5) is 26.2. The first-order valence-corrected chi connectivity index (χ1v) is 6.38. The summed E-state index contributed by atoms with van der Waals surface area (Å²) in [5.74, 6) is -0.228. The highest BCUT2D eigenvalue weighted by atomic mass is 32.1. The zero-order valence-corrected chi connectivity index (χ0v) is 10.2. The number of hydrogen-bond acceptors (Lipinski definition) is 3. The van der Waals surface area contributed by atoms with Gasteiger partial charge in [0.1, 0.15) is 6.04 Å². The minimum absolute atomic E-state index is 0.228. The van der Waals surface area contributed by atoms with Crippen molar-refractivity contribution < 1.29 is 9.59 Å². The summed E-state index contributed by atoms with van der Waals surface area (Å²) in [6, 6.07) is 11.7. The highest BCUT2D eigenvalue weighted by Crippen LogP contribution is 2.28. The van der Waals surface area contributed by atoms with Gasteiger partial charge in [-0.05, 0) is 23.6 Å². The molecule has 1 aliphatic heterocycles. The second-order valence-corrected chi connectivity index (χ2v) is 4.89. The average molecular weight is 258 g/mol. The molecule has 3 amide bonds. The number of amides is 3. The maximum absolute atomic E-state index is 12.3. The van der Waals surface area contributed by atoms with Crippen LogP contribution >= 0.6 is 11.3 Å². The monoisotopic (exact) mass is 258 g/mol. The molecule has 90 valence electrons. The molecule has 3 rings (SSSR count). The maximum Gasteiger partial charge on any atom is 0.329 e. The van der Waals surface area contributed by atoms with Crippen LogP contribution in [0.5, 0.6) is 0 Å². The van der Waals surface area contributed by atoms with Crippen LogP contribution in [0.15, 0.2) is 47.8 Å². The van der Waals surface area contributed by atoms with Crippen LogP contribution in [0.2, 0.25) is 0 Å². The van der Waals surface area contributed by atoms with Gasteiger partial charge in [0.2, 0.25) is 0 Å². The summed E-state index contributed by atoms with van der Waals surface area (Å²) in [7, 11) is 0. The number of nitrogens with one attached hydrogen (secondary N) is 1. The Morgan fingerprint density at radius 2 is 1.83 bits per heavy atom. The summed E-state index contributed by atoms with van der Waals surface area (Å²) in [6.45, 7) is 0. The lowest BCUT2D eigenvalue weighted by Crippen LogP contribution is -2.30. The first-order chi connectivity index (χ1) is 8.77. The van der Waals surface area contributed by atoms with Crippen molar-refractivity contribution in [2.45, 2.75) is 6.04 Å². The molecular weight excluding hydrogens is 248 g/mol. The largest absolute Gasteiger partial charge is 0.329 e. The van der Waals surface area contributed by atoms with E-state index < -0.39 is 6.04 Å². The molecule has 0 radical (unpaired) electrons. The van der Waals surface area contributed by atoms with Gasteiger partial charge in [0, 0.05) is 4.88 Å². The summed E-state index contributed by atoms with van der Waals surface area (Å²) < 4.78 is 0. The number of carbonyl (C=O) groups is 2. The van der Waals surface area contributed by atoms with Crippen molar-refractivity contribution in [1.82, 2.24) is 5.32 Å². The third kappa shape index (κ3) is 1.69. The zero-order valence-electron chi connectivity index (χ0n) is 9.37. The van der Waals surface area contributed by atoms with Gasteiger partial charge in [-0.3, -0.25) is 4.79 Å². The van der Waals surface area contributed by atoms with Crippen molar-refractivity contribution in [2.75, 3.05) is 4.90 Å². The van der Waals surface area contributed by atoms with E-state index >= 15 is 0 Å². The van der Waals surface area contributed by atoms with E-state index in [1.165, 1.54) is 16.2 Å². The van der Waals surface area contributed by atoms with Crippen LogP contribution in [0.4, 0.5) is 10.5 Å². The molecule has 4 nitrogen and oxygen atoms in total. The Balaban J connectivity index is 1.95. The fourth-order valence-corrected chi connectivity index (χ4v) is 2.72. The van der Waals surface area contributed by atoms with Crippen molar-refractivity contribution in [3.63, 3.8) is 0 Å². The molecule has 1 aliphatic rings. The van der Waals surface area contributed by atoms with Gasteiger partial charge in [0.15, 0.2) is 0 Å². The Hall–Kier alpha value is -2.14. The minimum Gasteiger partial charge on any atom is -0.321 e. The van der Waals surface area contributed by atoms with Crippen LogP contribution in [0.1, 0.15) is 10.9 Å². The van der Waals surface area contributed by atoms with E-state index in [-0.39, 0.29) is 11.9 Å². The van der Waals surface area contributed by atoms with E-state index in [4.69, 9.17) is 0 Å². The third-order valence-electron chi connectivity index (χ3n) is 2.78. The van der Waals surface area contributed by atoms with Crippen molar-refractivity contribution in [3.05, 3.63) is 52.7 Å². The first kappa shape index (κ1) is 11.0. The zero-order chi connectivity index (χ0) is 12.5. The lowest BCUT2D eigenvalue weighted by atomic mass is 10.2. The molecule has 1 aromatic carbocycles. The molecular formula is C13H10N2O2S. The number of anilines is 1. The molecule has 2 heterocycles. The van der Waals surface area contributed by atoms with Crippen LogP contribution in [-0.4, -0.2) is 11.9 Å². The predicted octanol–water partition coefficient (Wildman–Crippen LogP) is 2.55. The van der Waals surface area contributed by atoms with Gasteiger partial charge in [0.05, 0.1) is 5.69 Å². The summed E-state index contributed by atoms with van der Waals surface area (Å²) in [5, 5.41) is 4.59. The highest BCUT2D eigenvalue weighted by molar-refractivity contribution is 7.10. The molecule has 0 spiro atoms. The van der Waals surface area contributed by atoms with Crippen molar-refractivity contribution >= 4 is 29.0 Å². The SMILES string of the molecule is O=C1NC(c2cccs2)C(=O)N1c1ccccc1. The number of thiophene rings is 1. The molecule has 18 heavy (non-hydrogen) atoms. The average Bonchev–Trinajstić information content (AvgIpc) is 2.99. The molecule has 1 saturated heterocycles. The summed E-state index contributed by atoms with van der Waals surface area (Å²) >= 11 is 1.46. The smallest absolute Gasteiger partial charge is 0.321 e. The topological polar surface area (TPSA) is 49.4 Å². The summed E-state index contributed by atoms with van der Waals surface area (Å²) in [6.07, 6.45) is 0. The Morgan fingerprint density at radius 3 is 2.50 bits per heavy atom. The number of benzene rings is 1. The van der Waals surface area contributed by atoms with Gasteiger partial charge in [-0.15, -0.1) is 11.3 Å². The third-order valence-corrected chi connectivity index (χ3v) is 3.72. The van der Waals surface area contributed by atoms with Gasteiger partial charge in [-0.25, -0.2) is 9.69 Å². The molecule has 0 aliphatic carbocycles. The molecule has 2 aromatic rings. The quantitative estimate of drug-likeness (QED) is 0.841. The molecule has 1 N–H and O–H groups in total. The number of carbonyl (C=O) groups excluding carboxylic acids is 2. The van der Waals surface area contributed by atoms with E-state index in [0.717, 1.165) is 4.88 Å². The fourth-order valence-electron chi connectivity index (χ4n) is 1.95. The van der Waals surface area contributed by atoms with Crippen molar-refractivity contribution in [1.29, 1.82) is 0 Å². The Morgan fingerprint density at radius 1 is 1.06 bits per heavy atom. The fraction of sp³-hybridized carbons (Fsp3) is 0.0769. The van der Waals surface area contributed by atoms with Gasteiger partial charge in [-0.2, -0.15) is 0 Å². The molecule has 1 fully saturated rings. The highest BCUT2D eigenvalue weighted by Gasteiger charge is 2.40. The Kier molecular flexibility index (Phi) is 2.60. The minimum atomic E-state index is -0.558. The van der Waals surface area contributed by atoms with Crippen LogP contribution in [0, 0.1) is 0 Å². The molecule has 1 unspecified atom stereocenters. The normalized spacial score (nSPS) is 19.1.